The van der Waals surface area contributed by atoms with E-state index in [1.807, 2.05) is 30.3 Å². The first kappa shape index (κ1) is 16.2. The van der Waals surface area contributed by atoms with Gasteiger partial charge < -0.3 is 4.90 Å². The minimum atomic E-state index is -1.16. The van der Waals surface area contributed by atoms with Gasteiger partial charge in [0.05, 0.1) is 0 Å². The molecule has 1 aliphatic heterocycles. The normalized spacial score (nSPS) is 17.8. The monoisotopic (exact) mass is 370 g/mol. The van der Waals surface area contributed by atoms with Crippen LogP contribution < -0.4 is 10.2 Å². The zero-order chi connectivity index (χ0) is 16.4. The lowest BCUT2D eigenvalue weighted by molar-refractivity contribution is -0.117. The van der Waals surface area contributed by atoms with E-state index in [1.54, 1.807) is 4.90 Å². The number of halogens is 2. The third kappa shape index (κ3) is 3.63. The van der Waals surface area contributed by atoms with Crippen LogP contribution in [0.1, 0.15) is 17.3 Å². The molecule has 0 aliphatic carbocycles. The Bertz CT molecular complexity index is 723. The fraction of sp³-hybridized carbons (Fsp3) is 0.286. The number of benzene rings is 1. The van der Waals surface area contributed by atoms with Gasteiger partial charge in [-0.25, -0.2) is 0 Å². The molecule has 0 spiro atoms. The van der Waals surface area contributed by atoms with Crippen LogP contribution in [0.5, 0.6) is 0 Å². The van der Waals surface area contributed by atoms with Crippen LogP contribution in [0.2, 0.25) is 0 Å². The highest BCUT2D eigenvalue weighted by atomic mass is 35.5. The molecule has 2 heterocycles. The van der Waals surface area contributed by atoms with E-state index in [0.29, 0.717) is 23.1 Å². The predicted octanol–water partition coefficient (Wildman–Crippen LogP) is 2.80. The molecule has 2 amide bonds. The maximum atomic E-state index is 12.2. The van der Waals surface area contributed by atoms with Crippen molar-refractivity contribution < 1.29 is 9.59 Å². The van der Waals surface area contributed by atoms with E-state index in [2.05, 4.69) is 15.5 Å². The van der Waals surface area contributed by atoms with E-state index in [0.717, 1.165) is 5.69 Å². The smallest absolute Gasteiger partial charge is 0.259 e. The molecule has 2 aromatic rings. The molecule has 1 saturated heterocycles. The average molecular weight is 371 g/mol. The van der Waals surface area contributed by atoms with Gasteiger partial charge >= 0.3 is 0 Å². The highest BCUT2D eigenvalue weighted by molar-refractivity contribution is 7.15. The summed E-state index contributed by atoms with van der Waals surface area (Å²) in [5.74, 6) is -0.554. The van der Waals surface area contributed by atoms with Gasteiger partial charge in [-0.05, 0) is 12.1 Å². The summed E-state index contributed by atoms with van der Waals surface area (Å²) in [5, 5.41) is 11.5. The summed E-state index contributed by atoms with van der Waals surface area (Å²) < 4.78 is 0. The van der Waals surface area contributed by atoms with Crippen LogP contribution in [0.15, 0.2) is 30.3 Å². The topological polar surface area (TPSA) is 75.2 Å². The summed E-state index contributed by atoms with van der Waals surface area (Å²) in [4.78, 5) is 24.2. The number of carbonyl (C=O) groups excluding carboxylic acids is 2. The predicted molar refractivity (Wildman–Crippen MR) is 90.2 cm³/mol. The Balaban J connectivity index is 1.71. The molecule has 1 N–H and O–H groups in total. The maximum absolute atomic E-state index is 12.2. The number of nitrogens with one attached hydrogen (secondary N) is 1. The second-order valence-corrected chi connectivity index (χ2v) is 7.08. The highest BCUT2D eigenvalue weighted by Crippen LogP contribution is 2.34. The quantitative estimate of drug-likeness (QED) is 0.839. The van der Waals surface area contributed by atoms with Gasteiger partial charge in [0.1, 0.15) is 5.01 Å². The largest absolute Gasteiger partial charge is 0.312 e. The number of hydrogen-bond donors (Lipinski definition) is 1. The third-order valence-corrected chi connectivity index (χ3v) is 4.81. The first-order valence-corrected chi connectivity index (χ1v) is 8.51. The number of aromatic nitrogens is 2. The summed E-state index contributed by atoms with van der Waals surface area (Å²) in [5.41, 5.74) is 0.866. The molecule has 0 saturated carbocycles. The molecule has 9 heteroatoms. The molecule has 0 bridgehead atoms. The lowest BCUT2D eigenvalue weighted by Gasteiger charge is -2.15. The molecule has 23 heavy (non-hydrogen) atoms. The molecule has 1 aromatic heterocycles. The van der Waals surface area contributed by atoms with Crippen LogP contribution in [0.3, 0.4) is 0 Å². The van der Waals surface area contributed by atoms with Gasteiger partial charge in [0.15, 0.2) is 4.84 Å². The fourth-order valence-electron chi connectivity index (χ4n) is 2.34. The van der Waals surface area contributed by atoms with E-state index in [1.165, 1.54) is 11.3 Å². The number of alkyl halides is 2. The molecule has 6 nitrogen and oxygen atoms in total. The van der Waals surface area contributed by atoms with Crippen molar-refractivity contribution in [2.24, 2.45) is 0 Å². The van der Waals surface area contributed by atoms with E-state index >= 15 is 0 Å². The zero-order valence-corrected chi connectivity index (χ0v) is 14.1. The lowest BCUT2D eigenvalue weighted by atomic mass is 10.1. The van der Waals surface area contributed by atoms with E-state index in [4.69, 9.17) is 23.2 Å². The lowest BCUT2D eigenvalue weighted by Crippen LogP contribution is -2.24. The summed E-state index contributed by atoms with van der Waals surface area (Å²) in [6, 6.07) is 9.48. The Morgan fingerprint density at radius 1 is 1.30 bits per heavy atom. The van der Waals surface area contributed by atoms with Gasteiger partial charge in [0, 0.05) is 24.6 Å². The molecule has 3 rings (SSSR count). The summed E-state index contributed by atoms with van der Waals surface area (Å²) in [6.45, 7) is 0.541. The Morgan fingerprint density at radius 2 is 2.04 bits per heavy atom. The summed E-state index contributed by atoms with van der Waals surface area (Å²) >= 11 is 12.2. The van der Waals surface area contributed by atoms with Crippen LogP contribution in [-0.4, -0.2) is 33.4 Å². The van der Waals surface area contributed by atoms with Crippen molar-refractivity contribution in [3.8, 4) is 0 Å². The van der Waals surface area contributed by atoms with Gasteiger partial charge in [-0.1, -0.05) is 52.7 Å². The van der Waals surface area contributed by atoms with Gasteiger partial charge in [-0.3, -0.25) is 14.9 Å². The Kier molecular flexibility index (Phi) is 4.79. The number of rotatable bonds is 4. The first-order chi connectivity index (χ1) is 11.0. The molecule has 1 atom stereocenters. The van der Waals surface area contributed by atoms with Crippen molar-refractivity contribution >= 4 is 57.2 Å². The van der Waals surface area contributed by atoms with Crippen molar-refractivity contribution in [2.75, 3.05) is 16.8 Å². The Morgan fingerprint density at radius 3 is 2.74 bits per heavy atom. The molecule has 1 aliphatic rings. The number of anilines is 2. The number of amides is 2. The van der Waals surface area contributed by atoms with Crippen molar-refractivity contribution in [2.45, 2.75) is 17.2 Å². The number of para-hydroxylation sites is 1. The van der Waals surface area contributed by atoms with E-state index in [9.17, 15) is 9.59 Å². The van der Waals surface area contributed by atoms with Crippen LogP contribution >= 0.6 is 34.5 Å². The van der Waals surface area contributed by atoms with Crippen LogP contribution in [0, 0.1) is 0 Å². The number of nitrogens with zero attached hydrogens (tertiary/aromatic N) is 3. The Labute approximate surface area is 146 Å². The van der Waals surface area contributed by atoms with Crippen LogP contribution in [-0.2, 0) is 9.59 Å². The van der Waals surface area contributed by atoms with Crippen molar-refractivity contribution in [1.29, 1.82) is 0 Å². The molecule has 1 fully saturated rings. The van der Waals surface area contributed by atoms with Crippen LogP contribution in [0.25, 0.3) is 0 Å². The third-order valence-electron chi connectivity index (χ3n) is 3.41. The minimum absolute atomic E-state index is 0.0450. The fourth-order valence-corrected chi connectivity index (χ4v) is 3.29. The minimum Gasteiger partial charge on any atom is -0.312 e. The van der Waals surface area contributed by atoms with Crippen molar-refractivity contribution in [1.82, 2.24) is 10.2 Å². The molecule has 0 radical (unpaired) electrons. The SMILES string of the molecule is O=C(Nc1nnc(C2CC(=O)N(c3ccccc3)C2)s1)C(Cl)Cl. The maximum Gasteiger partial charge on any atom is 0.259 e. The Hall–Kier alpha value is -1.70. The van der Waals surface area contributed by atoms with Gasteiger partial charge in [0.2, 0.25) is 11.0 Å². The highest BCUT2D eigenvalue weighted by Gasteiger charge is 2.33. The van der Waals surface area contributed by atoms with Crippen molar-refractivity contribution in [3.05, 3.63) is 35.3 Å². The number of hydrogen-bond acceptors (Lipinski definition) is 5. The first-order valence-electron chi connectivity index (χ1n) is 6.82. The van der Waals surface area contributed by atoms with Gasteiger partial charge in [-0.2, -0.15) is 0 Å². The molecule has 1 unspecified atom stereocenters. The molecular formula is C14H12Cl2N4O2S. The summed E-state index contributed by atoms with van der Waals surface area (Å²) in [6.07, 6.45) is 0.366. The average Bonchev–Trinajstić information content (AvgIpc) is 3.14. The second kappa shape index (κ2) is 6.82. The zero-order valence-electron chi connectivity index (χ0n) is 11.8. The standard InChI is InChI=1S/C14H12Cl2N4O2S/c15-11(16)12(22)17-14-19-18-13(23-14)8-6-10(21)20(7-8)9-4-2-1-3-5-9/h1-5,8,11H,6-7H2,(H,17,19,22). The van der Waals surface area contributed by atoms with Crippen molar-refractivity contribution in [3.63, 3.8) is 0 Å². The molecule has 1 aromatic carbocycles. The molecule has 120 valence electrons. The second-order valence-electron chi connectivity index (χ2n) is 4.98. The van der Waals surface area contributed by atoms with E-state index < -0.39 is 10.7 Å². The summed E-state index contributed by atoms with van der Waals surface area (Å²) in [7, 11) is 0. The molecular weight excluding hydrogens is 359 g/mol. The van der Waals surface area contributed by atoms with Crippen LogP contribution in [0.4, 0.5) is 10.8 Å². The van der Waals surface area contributed by atoms with Gasteiger partial charge in [-0.15, -0.1) is 10.2 Å². The number of carbonyl (C=O) groups is 2. The van der Waals surface area contributed by atoms with E-state index in [-0.39, 0.29) is 11.8 Å². The van der Waals surface area contributed by atoms with Gasteiger partial charge in [0.25, 0.3) is 5.91 Å².